The Bertz CT molecular complexity index is 129. The number of hydrogen-bond donors (Lipinski definition) is 1. The Hall–Kier alpha value is 0.230. The highest BCUT2D eigenvalue weighted by molar-refractivity contribution is 7.99. The molecule has 1 aliphatic heterocycles. The lowest BCUT2D eigenvalue weighted by Crippen LogP contribution is -2.26. The van der Waals surface area contributed by atoms with Crippen molar-refractivity contribution in [2.45, 2.75) is 6.42 Å². The van der Waals surface area contributed by atoms with Crippen LogP contribution in [0.1, 0.15) is 6.42 Å². The molecular weight excluding hydrogens is 198 g/mol. The smallest absolute Gasteiger partial charge is 0.0700 e. The van der Waals surface area contributed by atoms with Crippen molar-refractivity contribution in [3.8, 4) is 0 Å². The van der Waals surface area contributed by atoms with Crippen LogP contribution in [0.3, 0.4) is 0 Å². The molecule has 1 unspecified atom stereocenters. The summed E-state index contributed by atoms with van der Waals surface area (Å²) in [5.41, 5.74) is 0. The van der Waals surface area contributed by atoms with E-state index in [1.165, 1.54) is 17.9 Å². The van der Waals surface area contributed by atoms with E-state index in [1.54, 1.807) is 7.11 Å². The van der Waals surface area contributed by atoms with Gasteiger partial charge < -0.3 is 14.8 Å². The van der Waals surface area contributed by atoms with Crippen molar-refractivity contribution in [1.82, 2.24) is 5.32 Å². The summed E-state index contributed by atoms with van der Waals surface area (Å²) in [6, 6.07) is 0. The molecule has 1 heterocycles. The molecule has 0 aromatic carbocycles. The van der Waals surface area contributed by atoms with Gasteiger partial charge in [-0.3, -0.25) is 0 Å². The Kier molecular flexibility index (Phi) is 7.50. The Morgan fingerprint density at radius 2 is 2.29 bits per heavy atom. The lowest BCUT2D eigenvalue weighted by Gasteiger charge is -2.09. The molecule has 14 heavy (non-hydrogen) atoms. The van der Waals surface area contributed by atoms with Crippen LogP contribution in [0.25, 0.3) is 0 Å². The molecule has 1 rings (SSSR count). The minimum Gasteiger partial charge on any atom is -0.382 e. The predicted molar refractivity (Wildman–Crippen MR) is 61.0 cm³/mol. The number of hydrogen-bond acceptors (Lipinski definition) is 4. The van der Waals surface area contributed by atoms with Crippen molar-refractivity contribution in [2.24, 2.45) is 5.92 Å². The van der Waals surface area contributed by atoms with Gasteiger partial charge in [0, 0.05) is 13.7 Å². The fraction of sp³-hybridized carbons (Fsp3) is 1.00. The molecule has 1 atom stereocenters. The Morgan fingerprint density at radius 3 is 3.00 bits per heavy atom. The summed E-state index contributed by atoms with van der Waals surface area (Å²) in [5, 5.41) is 3.43. The summed E-state index contributed by atoms with van der Waals surface area (Å²) in [4.78, 5) is 0. The second-order valence-corrected chi connectivity index (χ2v) is 4.69. The van der Waals surface area contributed by atoms with Gasteiger partial charge in [0.15, 0.2) is 0 Å². The van der Waals surface area contributed by atoms with Gasteiger partial charge in [0.2, 0.25) is 0 Å². The molecule has 0 radical (unpaired) electrons. The van der Waals surface area contributed by atoms with Gasteiger partial charge in [0.05, 0.1) is 19.8 Å². The third-order valence-electron chi connectivity index (χ3n) is 2.31. The van der Waals surface area contributed by atoms with Crippen molar-refractivity contribution >= 4 is 11.8 Å². The van der Waals surface area contributed by atoms with Crippen molar-refractivity contribution in [3.05, 3.63) is 0 Å². The first-order valence-electron chi connectivity index (χ1n) is 5.28. The van der Waals surface area contributed by atoms with Gasteiger partial charge in [-0.15, -0.1) is 0 Å². The molecule has 3 nitrogen and oxygen atoms in total. The second-order valence-electron chi connectivity index (χ2n) is 3.54. The van der Waals surface area contributed by atoms with E-state index >= 15 is 0 Å². The fourth-order valence-corrected chi connectivity index (χ4v) is 2.72. The minimum atomic E-state index is 0.694. The monoisotopic (exact) mass is 219 g/mol. The predicted octanol–water partition coefficient (Wildman–Crippen LogP) is 0.992. The van der Waals surface area contributed by atoms with Gasteiger partial charge in [-0.25, -0.2) is 0 Å². The summed E-state index contributed by atoms with van der Waals surface area (Å²) < 4.78 is 10.2. The SMILES string of the molecule is COCCOCCNCC1CCSC1. The summed E-state index contributed by atoms with van der Waals surface area (Å²) in [5.74, 6) is 3.56. The van der Waals surface area contributed by atoms with Crippen LogP contribution in [0.4, 0.5) is 0 Å². The molecule has 4 heteroatoms. The summed E-state index contributed by atoms with van der Waals surface area (Å²) >= 11 is 2.07. The second kappa shape index (κ2) is 8.53. The number of methoxy groups -OCH3 is 1. The summed E-state index contributed by atoms with van der Waals surface area (Å²) in [6.45, 7) is 4.31. The van der Waals surface area contributed by atoms with Crippen molar-refractivity contribution in [3.63, 3.8) is 0 Å². The molecule has 0 bridgehead atoms. The first-order valence-corrected chi connectivity index (χ1v) is 6.44. The normalized spacial score (nSPS) is 21.6. The van der Waals surface area contributed by atoms with Crippen LogP contribution in [-0.2, 0) is 9.47 Å². The van der Waals surface area contributed by atoms with Crippen LogP contribution >= 0.6 is 11.8 Å². The van der Waals surface area contributed by atoms with E-state index < -0.39 is 0 Å². The Morgan fingerprint density at radius 1 is 1.36 bits per heavy atom. The maximum atomic E-state index is 5.35. The zero-order valence-corrected chi connectivity index (χ0v) is 9.78. The standard InChI is InChI=1S/C10H21NO2S/c1-12-5-6-13-4-3-11-8-10-2-7-14-9-10/h10-11H,2-9H2,1H3. The number of nitrogens with one attached hydrogen (secondary N) is 1. The molecule has 0 aromatic rings. The average Bonchev–Trinajstić information content (AvgIpc) is 2.69. The lowest BCUT2D eigenvalue weighted by molar-refractivity contribution is 0.0718. The molecule has 1 fully saturated rings. The third kappa shape index (κ3) is 5.86. The van der Waals surface area contributed by atoms with Crippen molar-refractivity contribution < 1.29 is 9.47 Å². The van der Waals surface area contributed by atoms with Gasteiger partial charge in [-0.1, -0.05) is 0 Å². The van der Waals surface area contributed by atoms with Crippen LogP contribution in [0, 0.1) is 5.92 Å². The summed E-state index contributed by atoms with van der Waals surface area (Å²) in [6.07, 6.45) is 1.38. The average molecular weight is 219 g/mol. The topological polar surface area (TPSA) is 30.5 Å². The minimum absolute atomic E-state index is 0.694. The Balaban J connectivity index is 1.75. The number of ether oxygens (including phenoxy) is 2. The fourth-order valence-electron chi connectivity index (χ4n) is 1.44. The quantitative estimate of drug-likeness (QED) is 0.617. The van der Waals surface area contributed by atoms with Crippen LogP contribution < -0.4 is 5.32 Å². The van der Waals surface area contributed by atoms with Gasteiger partial charge in [0.1, 0.15) is 0 Å². The maximum absolute atomic E-state index is 5.35. The van der Waals surface area contributed by atoms with E-state index in [4.69, 9.17) is 9.47 Å². The number of rotatable bonds is 8. The molecule has 0 aliphatic carbocycles. The van der Waals surface area contributed by atoms with Crippen molar-refractivity contribution in [2.75, 3.05) is 51.5 Å². The largest absolute Gasteiger partial charge is 0.382 e. The molecule has 1 N–H and O–H groups in total. The molecule has 0 amide bonds. The van der Waals surface area contributed by atoms with Gasteiger partial charge in [-0.05, 0) is 30.4 Å². The molecule has 0 saturated carbocycles. The highest BCUT2D eigenvalue weighted by atomic mass is 32.2. The molecule has 1 aliphatic rings. The Labute approximate surface area is 90.9 Å². The molecule has 1 saturated heterocycles. The molecule has 84 valence electrons. The maximum Gasteiger partial charge on any atom is 0.0700 e. The van der Waals surface area contributed by atoms with E-state index in [9.17, 15) is 0 Å². The van der Waals surface area contributed by atoms with Crippen molar-refractivity contribution in [1.29, 1.82) is 0 Å². The van der Waals surface area contributed by atoms with Crippen LogP contribution in [0.5, 0.6) is 0 Å². The first kappa shape index (κ1) is 12.3. The van der Waals surface area contributed by atoms with Crippen LogP contribution in [0.2, 0.25) is 0 Å². The van der Waals surface area contributed by atoms with E-state index in [0.29, 0.717) is 13.2 Å². The van der Waals surface area contributed by atoms with Crippen LogP contribution in [-0.4, -0.2) is 51.5 Å². The molecule has 0 aromatic heterocycles. The number of thioether (sulfide) groups is 1. The van der Waals surface area contributed by atoms with Gasteiger partial charge >= 0.3 is 0 Å². The molecular formula is C10H21NO2S. The van der Waals surface area contributed by atoms with E-state index in [0.717, 1.165) is 25.6 Å². The van der Waals surface area contributed by atoms with Crippen LogP contribution in [0.15, 0.2) is 0 Å². The lowest BCUT2D eigenvalue weighted by atomic mass is 10.1. The summed E-state index contributed by atoms with van der Waals surface area (Å²) in [7, 11) is 1.69. The van der Waals surface area contributed by atoms with E-state index in [-0.39, 0.29) is 0 Å². The highest BCUT2D eigenvalue weighted by Crippen LogP contribution is 2.22. The first-order chi connectivity index (χ1) is 6.93. The zero-order valence-electron chi connectivity index (χ0n) is 8.96. The van der Waals surface area contributed by atoms with Gasteiger partial charge in [-0.2, -0.15) is 11.8 Å². The van der Waals surface area contributed by atoms with E-state index in [1.807, 2.05) is 0 Å². The van der Waals surface area contributed by atoms with Gasteiger partial charge in [0.25, 0.3) is 0 Å². The zero-order chi connectivity index (χ0) is 10.1. The third-order valence-corrected chi connectivity index (χ3v) is 3.54. The van der Waals surface area contributed by atoms with E-state index in [2.05, 4.69) is 17.1 Å². The highest BCUT2D eigenvalue weighted by Gasteiger charge is 2.14. The molecule has 0 spiro atoms.